The van der Waals surface area contributed by atoms with Crippen LogP contribution in [0.25, 0.3) is 22.4 Å². The number of rotatable bonds is 7. The molecule has 0 bridgehead atoms. The number of pyridine rings is 1. The number of nitrogens with zero attached hydrogens (tertiary/aromatic N) is 1. The molecule has 0 spiro atoms. The largest absolute Gasteiger partial charge is 0.494 e. The second-order valence-electron chi connectivity index (χ2n) is 6.33. The molecule has 0 saturated carbocycles. The molecule has 3 heteroatoms. The Hall–Kier alpha value is -2.68. The Kier molecular flexibility index (Phi) is 6.00. The highest BCUT2D eigenvalue weighted by molar-refractivity contribution is 5.67. The maximum absolute atomic E-state index is 14.3. The third kappa shape index (κ3) is 4.29. The highest BCUT2D eigenvalue weighted by Crippen LogP contribution is 2.26. The summed E-state index contributed by atoms with van der Waals surface area (Å²) >= 11 is 0. The molecular weight excluding hydrogens is 325 g/mol. The van der Waals surface area contributed by atoms with Crippen LogP contribution in [0.2, 0.25) is 0 Å². The molecule has 2 nitrogen and oxygen atoms in total. The highest BCUT2D eigenvalue weighted by atomic mass is 19.1. The quantitative estimate of drug-likeness (QED) is 0.467. The summed E-state index contributed by atoms with van der Waals surface area (Å²) in [6, 6.07) is 17.2. The van der Waals surface area contributed by atoms with E-state index in [1.54, 1.807) is 18.3 Å². The molecule has 0 saturated heterocycles. The number of aromatic nitrogens is 1. The molecule has 0 radical (unpaired) electrons. The van der Waals surface area contributed by atoms with Crippen LogP contribution in [0.15, 0.2) is 60.8 Å². The molecule has 0 fully saturated rings. The molecule has 26 heavy (non-hydrogen) atoms. The van der Waals surface area contributed by atoms with Gasteiger partial charge < -0.3 is 4.74 Å². The van der Waals surface area contributed by atoms with Gasteiger partial charge in [-0.25, -0.2) is 4.39 Å². The van der Waals surface area contributed by atoms with Gasteiger partial charge in [0.2, 0.25) is 0 Å². The van der Waals surface area contributed by atoms with E-state index in [4.69, 9.17) is 4.74 Å². The van der Waals surface area contributed by atoms with Gasteiger partial charge in [0.25, 0.3) is 0 Å². The van der Waals surface area contributed by atoms with Crippen molar-refractivity contribution in [2.24, 2.45) is 0 Å². The van der Waals surface area contributed by atoms with Crippen LogP contribution in [-0.4, -0.2) is 11.6 Å². The fourth-order valence-corrected chi connectivity index (χ4v) is 2.79. The molecule has 0 N–H and O–H groups in total. The van der Waals surface area contributed by atoms with Crippen molar-refractivity contribution in [2.75, 3.05) is 6.61 Å². The zero-order valence-electron chi connectivity index (χ0n) is 15.3. The summed E-state index contributed by atoms with van der Waals surface area (Å²) in [6.45, 7) is 4.91. The van der Waals surface area contributed by atoms with E-state index in [1.807, 2.05) is 49.4 Å². The third-order valence-electron chi connectivity index (χ3n) is 4.44. The standard InChI is InChI=1S/C23H24FNO/c1-3-5-14-26-20-10-7-18(8-11-20)19-9-13-23(25-16-19)21-12-6-17(4-2)15-22(21)24/h6-13,15-16H,3-5,14H2,1-2H3. The molecule has 0 aliphatic carbocycles. The number of aryl methyl sites for hydroxylation is 1. The molecule has 3 rings (SSSR count). The maximum atomic E-state index is 14.3. The average molecular weight is 349 g/mol. The molecule has 0 amide bonds. The Bertz CT molecular complexity index is 841. The molecule has 0 aliphatic rings. The molecule has 0 aliphatic heterocycles. The van der Waals surface area contributed by atoms with Crippen LogP contribution >= 0.6 is 0 Å². The fraction of sp³-hybridized carbons (Fsp3) is 0.261. The van der Waals surface area contributed by atoms with E-state index in [2.05, 4.69) is 11.9 Å². The van der Waals surface area contributed by atoms with Crippen molar-refractivity contribution in [3.05, 3.63) is 72.2 Å². The zero-order valence-corrected chi connectivity index (χ0v) is 15.3. The van der Waals surface area contributed by atoms with Crippen molar-refractivity contribution in [2.45, 2.75) is 33.1 Å². The SMILES string of the molecule is CCCCOc1ccc(-c2ccc(-c3ccc(CC)cc3F)nc2)cc1. The van der Waals surface area contributed by atoms with Crippen LogP contribution in [0.4, 0.5) is 4.39 Å². The molecule has 134 valence electrons. The molecular formula is C23H24FNO. The Morgan fingerprint density at radius 3 is 2.31 bits per heavy atom. The summed E-state index contributed by atoms with van der Waals surface area (Å²) in [5.41, 5.74) is 4.24. The van der Waals surface area contributed by atoms with Gasteiger partial charge >= 0.3 is 0 Å². The van der Waals surface area contributed by atoms with Gasteiger partial charge in [0, 0.05) is 17.3 Å². The first-order chi connectivity index (χ1) is 12.7. The minimum atomic E-state index is -0.224. The first-order valence-corrected chi connectivity index (χ1v) is 9.19. The third-order valence-corrected chi connectivity index (χ3v) is 4.44. The van der Waals surface area contributed by atoms with Gasteiger partial charge in [-0.05, 0) is 54.3 Å². The van der Waals surface area contributed by atoms with E-state index >= 15 is 0 Å². The number of hydrogen-bond donors (Lipinski definition) is 0. The number of hydrogen-bond acceptors (Lipinski definition) is 2. The fourth-order valence-electron chi connectivity index (χ4n) is 2.79. The Morgan fingerprint density at radius 1 is 0.923 bits per heavy atom. The summed E-state index contributed by atoms with van der Waals surface area (Å²) in [5, 5.41) is 0. The summed E-state index contributed by atoms with van der Waals surface area (Å²) in [6.07, 6.45) is 4.79. The molecule has 0 atom stereocenters. The minimum absolute atomic E-state index is 0.224. The monoisotopic (exact) mass is 349 g/mol. The highest BCUT2D eigenvalue weighted by Gasteiger charge is 2.08. The van der Waals surface area contributed by atoms with Crippen LogP contribution in [0.1, 0.15) is 32.3 Å². The van der Waals surface area contributed by atoms with E-state index in [0.717, 1.165) is 48.3 Å². The van der Waals surface area contributed by atoms with Gasteiger partial charge in [-0.3, -0.25) is 4.98 Å². The van der Waals surface area contributed by atoms with Gasteiger partial charge in [0.05, 0.1) is 12.3 Å². The summed E-state index contributed by atoms with van der Waals surface area (Å²) in [4.78, 5) is 4.45. The Morgan fingerprint density at radius 2 is 1.69 bits per heavy atom. The summed E-state index contributed by atoms with van der Waals surface area (Å²) in [7, 11) is 0. The van der Waals surface area contributed by atoms with Crippen molar-refractivity contribution in [3.8, 4) is 28.1 Å². The zero-order chi connectivity index (χ0) is 18.4. The second-order valence-corrected chi connectivity index (χ2v) is 6.33. The van der Waals surface area contributed by atoms with E-state index in [9.17, 15) is 4.39 Å². The van der Waals surface area contributed by atoms with E-state index < -0.39 is 0 Å². The summed E-state index contributed by atoms with van der Waals surface area (Å²) < 4.78 is 20.0. The minimum Gasteiger partial charge on any atom is -0.494 e. The van der Waals surface area contributed by atoms with Crippen LogP contribution < -0.4 is 4.74 Å². The smallest absolute Gasteiger partial charge is 0.132 e. The lowest BCUT2D eigenvalue weighted by atomic mass is 10.0. The van der Waals surface area contributed by atoms with E-state index in [-0.39, 0.29) is 5.82 Å². The van der Waals surface area contributed by atoms with Crippen molar-refractivity contribution >= 4 is 0 Å². The Balaban J connectivity index is 1.75. The van der Waals surface area contributed by atoms with E-state index in [0.29, 0.717) is 11.3 Å². The molecule has 0 unspecified atom stereocenters. The predicted octanol–water partition coefficient (Wildman–Crippen LogP) is 6.30. The van der Waals surface area contributed by atoms with Gasteiger partial charge in [-0.1, -0.05) is 44.5 Å². The first kappa shape index (κ1) is 18.1. The predicted molar refractivity (Wildman–Crippen MR) is 105 cm³/mol. The lowest BCUT2D eigenvalue weighted by molar-refractivity contribution is 0.309. The number of benzene rings is 2. The number of ether oxygens (including phenoxy) is 1. The topological polar surface area (TPSA) is 22.1 Å². The first-order valence-electron chi connectivity index (χ1n) is 9.19. The molecule has 1 heterocycles. The molecule has 3 aromatic rings. The van der Waals surface area contributed by atoms with Crippen LogP contribution in [-0.2, 0) is 6.42 Å². The van der Waals surface area contributed by atoms with Gasteiger partial charge in [-0.15, -0.1) is 0 Å². The van der Waals surface area contributed by atoms with Crippen LogP contribution in [0.5, 0.6) is 5.75 Å². The summed E-state index contributed by atoms with van der Waals surface area (Å²) in [5.74, 6) is 0.656. The Labute approximate surface area is 154 Å². The normalized spacial score (nSPS) is 10.7. The number of unbranched alkanes of at least 4 members (excludes halogenated alkanes) is 1. The molecule has 2 aromatic carbocycles. The van der Waals surface area contributed by atoms with E-state index in [1.165, 1.54) is 0 Å². The maximum Gasteiger partial charge on any atom is 0.132 e. The van der Waals surface area contributed by atoms with Crippen molar-refractivity contribution in [3.63, 3.8) is 0 Å². The van der Waals surface area contributed by atoms with Gasteiger partial charge in [0.15, 0.2) is 0 Å². The lowest BCUT2D eigenvalue weighted by Gasteiger charge is -2.08. The number of halogens is 1. The molecule has 1 aromatic heterocycles. The van der Waals surface area contributed by atoms with Gasteiger partial charge in [-0.2, -0.15) is 0 Å². The second kappa shape index (κ2) is 8.61. The van der Waals surface area contributed by atoms with Crippen molar-refractivity contribution in [1.82, 2.24) is 4.98 Å². The van der Waals surface area contributed by atoms with Crippen LogP contribution in [0, 0.1) is 5.82 Å². The van der Waals surface area contributed by atoms with Crippen LogP contribution in [0.3, 0.4) is 0 Å². The van der Waals surface area contributed by atoms with Gasteiger partial charge in [0.1, 0.15) is 11.6 Å². The average Bonchev–Trinajstić information content (AvgIpc) is 2.69. The van der Waals surface area contributed by atoms with Crippen molar-refractivity contribution in [1.29, 1.82) is 0 Å². The lowest BCUT2D eigenvalue weighted by Crippen LogP contribution is -1.96. The van der Waals surface area contributed by atoms with Crippen molar-refractivity contribution < 1.29 is 9.13 Å².